The average Bonchev–Trinajstić information content (AvgIpc) is 2.90. The van der Waals surface area contributed by atoms with Crippen LogP contribution in [0.4, 0.5) is 16.2 Å². The van der Waals surface area contributed by atoms with Crippen molar-refractivity contribution in [3.05, 3.63) is 66.7 Å². The van der Waals surface area contributed by atoms with Gasteiger partial charge in [-0.25, -0.2) is 4.79 Å². The highest BCUT2D eigenvalue weighted by Crippen LogP contribution is 2.43. The molecule has 13 nitrogen and oxygen atoms in total. The van der Waals surface area contributed by atoms with E-state index in [9.17, 15) is 35.2 Å². The van der Waals surface area contributed by atoms with Crippen LogP contribution in [-0.4, -0.2) is 58.4 Å². The van der Waals surface area contributed by atoms with Crippen molar-refractivity contribution in [1.82, 2.24) is 4.90 Å². The predicted octanol–water partition coefficient (Wildman–Crippen LogP) is 3.22. The van der Waals surface area contributed by atoms with Crippen LogP contribution in [0.5, 0.6) is 11.5 Å². The molecule has 1 atom stereocenters. The van der Waals surface area contributed by atoms with Crippen molar-refractivity contribution in [2.24, 2.45) is 0 Å². The second-order valence-electron chi connectivity index (χ2n) is 8.09. The van der Waals surface area contributed by atoms with Crippen molar-refractivity contribution < 1.29 is 39.1 Å². The van der Waals surface area contributed by atoms with E-state index in [1.807, 2.05) is 0 Å². The summed E-state index contributed by atoms with van der Waals surface area (Å²) in [6, 6.07) is 4.57. The maximum absolute atomic E-state index is 13.1. The topological polar surface area (TPSA) is 175 Å². The van der Waals surface area contributed by atoms with Gasteiger partial charge >= 0.3 is 6.09 Å². The van der Waals surface area contributed by atoms with Crippen molar-refractivity contribution >= 4 is 17.5 Å². The SMILES string of the molecule is COc1cc(C(OC(=O)N2CCCCC2)c2cc(CO)c(CO)cc2[N+](=O)[O-])c([N+](=O)[O-])cc1OC. The van der Waals surface area contributed by atoms with E-state index in [2.05, 4.69) is 0 Å². The van der Waals surface area contributed by atoms with E-state index < -0.39 is 46.6 Å². The Morgan fingerprint density at radius 2 is 1.39 bits per heavy atom. The molecule has 36 heavy (non-hydrogen) atoms. The number of methoxy groups -OCH3 is 2. The van der Waals surface area contributed by atoms with Crippen LogP contribution in [0.15, 0.2) is 24.3 Å². The molecule has 1 heterocycles. The molecule has 0 radical (unpaired) electrons. The molecule has 1 saturated heterocycles. The summed E-state index contributed by atoms with van der Waals surface area (Å²) in [5.74, 6) is 0.115. The van der Waals surface area contributed by atoms with Crippen LogP contribution in [0, 0.1) is 20.2 Å². The first-order valence-corrected chi connectivity index (χ1v) is 11.1. The molecule has 0 bridgehead atoms. The molecule has 1 fully saturated rings. The minimum atomic E-state index is -1.61. The largest absolute Gasteiger partial charge is 0.493 e. The van der Waals surface area contributed by atoms with Crippen LogP contribution in [0.2, 0.25) is 0 Å². The summed E-state index contributed by atoms with van der Waals surface area (Å²) in [6.45, 7) is -0.354. The van der Waals surface area contributed by atoms with Gasteiger partial charge in [0.2, 0.25) is 0 Å². The minimum Gasteiger partial charge on any atom is -0.493 e. The predicted molar refractivity (Wildman–Crippen MR) is 125 cm³/mol. The number of likely N-dealkylation sites (tertiary alicyclic amines) is 1. The maximum Gasteiger partial charge on any atom is 0.410 e. The summed E-state index contributed by atoms with van der Waals surface area (Å²) >= 11 is 0. The van der Waals surface area contributed by atoms with Gasteiger partial charge in [0.15, 0.2) is 17.6 Å². The number of hydrogen-bond donors (Lipinski definition) is 2. The Bertz CT molecular complexity index is 1070. The van der Waals surface area contributed by atoms with Crippen LogP contribution in [-0.2, 0) is 18.0 Å². The third kappa shape index (κ3) is 5.47. The number of aliphatic hydroxyl groups is 2. The Morgan fingerprint density at radius 3 is 1.92 bits per heavy atom. The molecule has 1 aliphatic heterocycles. The van der Waals surface area contributed by atoms with Crippen molar-refractivity contribution in [2.45, 2.75) is 38.6 Å². The van der Waals surface area contributed by atoms with Gasteiger partial charge in [0, 0.05) is 19.2 Å². The number of ether oxygens (including phenoxy) is 3. The van der Waals surface area contributed by atoms with Crippen LogP contribution in [0.3, 0.4) is 0 Å². The van der Waals surface area contributed by atoms with E-state index in [1.54, 1.807) is 0 Å². The molecule has 2 aromatic rings. The second-order valence-corrected chi connectivity index (χ2v) is 8.09. The van der Waals surface area contributed by atoms with E-state index in [1.165, 1.54) is 31.3 Å². The number of amides is 1. The van der Waals surface area contributed by atoms with E-state index >= 15 is 0 Å². The minimum absolute atomic E-state index is 0.0373. The zero-order valence-electron chi connectivity index (χ0n) is 19.8. The third-order valence-electron chi connectivity index (χ3n) is 6.01. The van der Waals surface area contributed by atoms with Crippen LogP contribution < -0.4 is 9.47 Å². The number of nitro benzene ring substituents is 2. The standard InChI is InChI=1S/C23H27N3O10/c1-34-20-10-17(19(26(32)33)11-21(20)35-2)22(36-23(29)24-6-4-3-5-7-24)16-8-14(12-27)15(13-28)9-18(16)25(30)31/h8-11,22,27-28H,3-7,12-13H2,1-2H3. The lowest BCUT2D eigenvalue weighted by Gasteiger charge is -2.29. The lowest BCUT2D eigenvalue weighted by molar-refractivity contribution is -0.387. The smallest absolute Gasteiger partial charge is 0.410 e. The van der Waals surface area contributed by atoms with Gasteiger partial charge in [0.05, 0.1) is 54.5 Å². The van der Waals surface area contributed by atoms with Gasteiger partial charge < -0.3 is 29.3 Å². The number of carbonyl (C=O) groups is 1. The molecule has 0 aromatic heterocycles. The summed E-state index contributed by atoms with van der Waals surface area (Å²) in [5, 5.41) is 43.4. The van der Waals surface area contributed by atoms with Crippen LogP contribution in [0.25, 0.3) is 0 Å². The van der Waals surface area contributed by atoms with Crippen molar-refractivity contribution in [2.75, 3.05) is 27.3 Å². The highest BCUT2D eigenvalue weighted by Gasteiger charge is 2.36. The first-order valence-electron chi connectivity index (χ1n) is 11.1. The molecule has 0 saturated carbocycles. The lowest BCUT2D eigenvalue weighted by atomic mass is 9.94. The second kappa shape index (κ2) is 11.6. The molecule has 0 aliphatic carbocycles. The number of nitrogens with zero attached hydrogens (tertiary/aromatic N) is 3. The van der Waals surface area contributed by atoms with Gasteiger partial charge in [-0.1, -0.05) is 0 Å². The molecule has 1 aliphatic rings. The lowest BCUT2D eigenvalue weighted by Crippen LogP contribution is -2.37. The molecule has 1 unspecified atom stereocenters. The molecular formula is C23H27N3O10. The Labute approximate surface area is 206 Å². The normalized spacial score (nSPS) is 14.2. The fourth-order valence-electron chi connectivity index (χ4n) is 4.16. The summed E-state index contributed by atoms with van der Waals surface area (Å²) in [4.78, 5) is 37.1. The monoisotopic (exact) mass is 505 g/mol. The Kier molecular flexibility index (Phi) is 8.61. The Hall–Kier alpha value is -3.97. The first kappa shape index (κ1) is 26.6. The number of carbonyl (C=O) groups excluding carboxylic acids is 1. The molecular weight excluding hydrogens is 478 g/mol. The molecule has 2 N–H and O–H groups in total. The van der Waals surface area contributed by atoms with E-state index in [-0.39, 0.29) is 33.8 Å². The van der Waals surface area contributed by atoms with Gasteiger partial charge in [-0.2, -0.15) is 0 Å². The fourth-order valence-corrected chi connectivity index (χ4v) is 4.16. The molecule has 3 rings (SSSR count). The molecule has 2 aromatic carbocycles. The van der Waals surface area contributed by atoms with Gasteiger partial charge in [-0.05, 0) is 42.5 Å². The van der Waals surface area contributed by atoms with Gasteiger partial charge in [-0.15, -0.1) is 0 Å². The zero-order chi connectivity index (χ0) is 26.4. The number of piperidine rings is 1. The summed E-state index contributed by atoms with van der Waals surface area (Å²) in [7, 11) is 2.60. The molecule has 1 amide bonds. The summed E-state index contributed by atoms with van der Waals surface area (Å²) in [6.07, 6.45) is 0.0162. The highest BCUT2D eigenvalue weighted by atomic mass is 16.6. The summed E-state index contributed by atoms with van der Waals surface area (Å²) < 4.78 is 16.2. The number of nitro groups is 2. The number of rotatable bonds is 9. The van der Waals surface area contributed by atoms with Crippen molar-refractivity contribution in [3.63, 3.8) is 0 Å². The van der Waals surface area contributed by atoms with E-state index in [4.69, 9.17) is 14.2 Å². The Balaban J connectivity index is 2.29. The zero-order valence-corrected chi connectivity index (χ0v) is 19.8. The van der Waals surface area contributed by atoms with Crippen molar-refractivity contribution in [1.29, 1.82) is 0 Å². The van der Waals surface area contributed by atoms with E-state index in [0.29, 0.717) is 13.1 Å². The third-order valence-corrected chi connectivity index (χ3v) is 6.01. The summed E-state index contributed by atoms with van der Waals surface area (Å²) in [5.41, 5.74) is -1.23. The molecule has 13 heteroatoms. The number of benzene rings is 2. The number of hydrogen-bond acceptors (Lipinski definition) is 10. The van der Waals surface area contributed by atoms with Gasteiger partial charge in [0.25, 0.3) is 11.4 Å². The van der Waals surface area contributed by atoms with Gasteiger partial charge in [-0.3, -0.25) is 20.2 Å². The fraction of sp³-hybridized carbons (Fsp3) is 0.435. The highest BCUT2D eigenvalue weighted by molar-refractivity contribution is 5.70. The molecule has 0 spiro atoms. The Morgan fingerprint density at radius 1 is 0.889 bits per heavy atom. The number of aliphatic hydroxyl groups excluding tert-OH is 2. The van der Waals surface area contributed by atoms with Crippen LogP contribution >= 0.6 is 0 Å². The van der Waals surface area contributed by atoms with Crippen molar-refractivity contribution in [3.8, 4) is 11.5 Å². The maximum atomic E-state index is 13.1. The quantitative estimate of drug-likeness (QED) is 0.380. The average molecular weight is 505 g/mol. The van der Waals surface area contributed by atoms with Gasteiger partial charge in [0.1, 0.15) is 0 Å². The van der Waals surface area contributed by atoms with Crippen LogP contribution in [0.1, 0.15) is 47.6 Å². The molecule has 194 valence electrons. The first-order chi connectivity index (χ1) is 17.2. The van der Waals surface area contributed by atoms with E-state index in [0.717, 1.165) is 31.4 Å².